The maximum Gasteiger partial charge on any atom is 0.264 e. The molecule has 0 saturated carbocycles. The summed E-state index contributed by atoms with van der Waals surface area (Å²) in [6.07, 6.45) is 0. The largest absolute Gasteiger partial charge is 0.326 e. The molecule has 0 bridgehead atoms. The number of amides is 2. The molecule has 0 aromatic heterocycles. The van der Waals surface area contributed by atoms with Crippen molar-refractivity contribution >= 4 is 50.5 Å². The minimum atomic E-state index is -4.05. The molecular weight excluding hydrogens is 476 g/mol. The molecule has 2 N–H and O–H groups in total. The third-order valence-electron chi connectivity index (χ3n) is 4.66. The highest BCUT2D eigenvalue weighted by atomic mass is 35.5. The van der Waals surface area contributed by atoms with Crippen LogP contribution in [0.1, 0.15) is 19.4 Å². The van der Waals surface area contributed by atoms with Gasteiger partial charge in [0, 0.05) is 17.6 Å². The van der Waals surface area contributed by atoms with E-state index in [-0.39, 0.29) is 16.5 Å². The summed E-state index contributed by atoms with van der Waals surface area (Å²) in [5.41, 5.74) is 4.39. The Morgan fingerprint density at radius 3 is 2.32 bits per heavy atom. The Morgan fingerprint density at radius 1 is 0.941 bits per heavy atom. The van der Waals surface area contributed by atoms with Crippen LogP contribution in [0.15, 0.2) is 88.9 Å². The number of hydrazone groups is 1. The van der Waals surface area contributed by atoms with Gasteiger partial charge in [-0.3, -0.25) is 13.9 Å². The molecule has 0 atom stereocenters. The molecule has 0 radical (unpaired) electrons. The number of halogens is 1. The van der Waals surface area contributed by atoms with Gasteiger partial charge in [0.25, 0.3) is 15.9 Å². The van der Waals surface area contributed by atoms with Crippen molar-refractivity contribution in [3.05, 3.63) is 89.4 Å². The van der Waals surface area contributed by atoms with Gasteiger partial charge in [0.2, 0.25) is 5.91 Å². The lowest BCUT2D eigenvalue weighted by Crippen LogP contribution is -2.39. The molecule has 0 aliphatic rings. The third kappa shape index (κ3) is 6.43. The lowest BCUT2D eigenvalue weighted by Gasteiger charge is -2.24. The molecule has 3 aromatic rings. The highest BCUT2D eigenvalue weighted by molar-refractivity contribution is 7.92. The number of anilines is 2. The minimum Gasteiger partial charge on any atom is -0.326 e. The topological polar surface area (TPSA) is 108 Å². The van der Waals surface area contributed by atoms with Crippen LogP contribution in [0, 0.1) is 0 Å². The van der Waals surface area contributed by atoms with E-state index < -0.39 is 22.5 Å². The van der Waals surface area contributed by atoms with Gasteiger partial charge in [0.05, 0.1) is 16.3 Å². The van der Waals surface area contributed by atoms with Crippen LogP contribution in [0.2, 0.25) is 5.02 Å². The Bertz CT molecular complexity index is 1330. The van der Waals surface area contributed by atoms with Gasteiger partial charge in [-0.15, -0.1) is 0 Å². The van der Waals surface area contributed by atoms with Crippen LogP contribution in [-0.4, -0.2) is 32.5 Å². The fraction of sp³-hybridized carbons (Fsp3) is 0.125. The first-order valence-corrected chi connectivity index (χ1v) is 12.0. The lowest BCUT2D eigenvalue weighted by molar-refractivity contribution is -0.119. The lowest BCUT2D eigenvalue weighted by atomic mass is 10.1. The van der Waals surface area contributed by atoms with Crippen molar-refractivity contribution in [3.8, 4) is 0 Å². The second-order valence-corrected chi connectivity index (χ2v) is 9.60. The summed E-state index contributed by atoms with van der Waals surface area (Å²) in [4.78, 5) is 24.0. The normalized spacial score (nSPS) is 11.6. The summed E-state index contributed by atoms with van der Waals surface area (Å²) in [7, 11) is -4.05. The van der Waals surface area contributed by atoms with Crippen molar-refractivity contribution in [2.24, 2.45) is 5.10 Å². The molecule has 8 nitrogen and oxygen atoms in total. The van der Waals surface area contributed by atoms with E-state index in [4.69, 9.17) is 11.6 Å². The molecule has 176 valence electrons. The van der Waals surface area contributed by atoms with Crippen LogP contribution in [-0.2, 0) is 19.6 Å². The van der Waals surface area contributed by atoms with E-state index in [1.807, 2.05) is 0 Å². The summed E-state index contributed by atoms with van der Waals surface area (Å²) in [5.74, 6) is -0.849. The Balaban J connectivity index is 1.83. The first kappa shape index (κ1) is 24.9. The summed E-state index contributed by atoms with van der Waals surface area (Å²) in [5, 5.41) is 7.10. The van der Waals surface area contributed by atoms with Gasteiger partial charge < -0.3 is 5.32 Å². The summed E-state index contributed by atoms with van der Waals surface area (Å²) in [6, 6.07) is 21.0. The fourth-order valence-corrected chi connectivity index (χ4v) is 4.69. The fourth-order valence-electron chi connectivity index (χ4n) is 3.07. The molecule has 0 unspecified atom stereocenters. The maximum absolute atomic E-state index is 13.3. The quantitative estimate of drug-likeness (QED) is 0.361. The number of benzene rings is 3. The Hall–Kier alpha value is -3.69. The van der Waals surface area contributed by atoms with E-state index in [1.54, 1.807) is 67.6 Å². The van der Waals surface area contributed by atoms with Gasteiger partial charge in [0.15, 0.2) is 0 Å². The Kier molecular flexibility index (Phi) is 8.04. The smallest absolute Gasteiger partial charge is 0.264 e. The monoisotopic (exact) mass is 498 g/mol. The number of carbonyl (C=O) groups is 2. The van der Waals surface area contributed by atoms with Crippen LogP contribution < -0.4 is 15.0 Å². The van der Waals surface area contributed by atoms with Crippen molar-refractivity contribution in [3.63, 3.8) is 0 Å². The molecule has 0 aliphatic heterocycles. The predicted octanol–water partition coefficient (Wildman–Crippen LogP) is 4.03. The first-order chi connectivity index (χ1) is 16.2. The van der Waals surface area contributed by atoms with Gasteiger partial charge in [-0.2, -0.15) is 5.10 Å². The van der Waals surface area contributed by atoms with Crippen molar-refractivity contribution in [2.75, 3.05) is 16.2 Å². The molecular formula is C24H23ClN4O4S. The minimum absolute atomic E-state index is 0.0391. The number of nitrogens with zero attached hydrogens (tertiary/aromatic N) is 2. The van der Waals surface area contributed by atoms with Crippen molar-refractivity contribution < 1.29 is 18.0 Å². The molecule has 3 aromatic carbocycles. The van der Waals surface area contributed by atoms with E-state index >= 15 is 0 Å². The van der Waals surface area contributed by atoms with Gasteiger partial charge >= 0.3 is 0 Å². The number of rotatable bonds is 8. The van der Waals surface area contributed by atoms with Gasteiger partial charge in [-0.25, -0.2) is 13.8 Å². The number of carbonyl (C=O) groups excluding carboxylic acids is 2. The van der Waals surface area contributed by atoms with Gasteiger partial charge in [-0.1, -0.05) is 48.0 Å². The molecule has 34 heavy (non-hydrogen) atoms. The summed E-state index contributed by atoms with van der Waals surface area (Å²) < 4.78 is 27.6. The van der Waals surface area contributed by atoms with Crippen molar-refractivity contribution in [1.82, 2.24) is 5.43 Å². The molecule has 10 heteroatoms. The first-order valence-electron chi connectivity index (χ1n) is 10.2. The average Bonchev–Trinajstić information content (AvgIpc) is 2.81. The molecule has 0 spiro atoms. The van der Waals surface area contributed by atoms with Crippen LogP contribution in [0.25, 0.3) is 0 Å². The number of hydrogen-bond acceptors (Lipinski definition) is 5. The Morgan fingerprint density at radius 2 is 1.65 bits per heavy atom. The highest BCUT2D eigenvalue weighted by Crippen LogP contribution is 2.26. The number of hydrogen-bond donors (Lipinski definition) is 2. The molecule has 0 heterocycles. The maximum atomic E-state index is 13.3. The molecule has 0 fully saturated rings. The highest BCUT2D eigenvalue weighted by Gasteiger charge is 2.27. The Labute approximate surface area is 203 Å². The second kappa shape index (κ2) is 11.0. The summed E-state index contributed by atoms with van der Waals surface area (Å²) >= 11 is 6.07. The van der Waals surface area contributed by atoms with Crippen molar-refractivity contribution in [1.29, 1.82) is 0 Å². The van der Waals surface area contributed by atoms with Crippen LogP contribution in [0.5, 0.6) is 0 Å². The standard InChI is InChI=1S/C24H23ClN4O4S/c1-17(19-8-6-10-21(14-19)26-18(2)30)27-28-24(31)16-29(22-11-7-9-20(25)15-22)34(32,33)23-12-4-3-5-13-23/h3-15H,16H2,1-2H3,(H,26,30)(H,28,31)/b27-17-. The van der Waals surface area contributed by atoms with E-state index in [0.29, 0.717) is 22.0 Å². The van der Waals surface area contributed by atoms with E-state index in [9.17, 15) is 18.0 Å². The second-order valence-electron chi connectivity index (χ2n) is 7.30. The third-order valence-corrected chi connectivity index (χ3v) is 6.69. The average molecular weight is 499 g/mol. The predicted molar refractivity (Wildman–Crippen MR) is 134 cm³/mol. The zero-order valence-corrected chi connectivity index (χ0v) is 20.1. The van der Waals surface area contributed by atoms with Gasteiger partial charge in [-0.05, 0) is 55.0 Å². The van der Waals surface area contributed by atoms with Crippen LogP contribution in [0.3, 0.4) is 0 Å². The SMILES string of the molecule is CC(=O)Nc1cccc(/C(C)=N\NC(=O)CN(c2cccc(Cl)c2)S(=O)(=O)c2ccccc2)c1. The van der Waals surface area contributed by atoms with E-state index in [1.165, 1.54) is 25.1 Å². The number of sulfonamides is 1. The van der Waals surface area contributed by atoms with Gasteiger partial charge in [0.1, 0.15) is 6.54 Å². The molecule has 3 rings (SSSR count). The van der Waals surface area contributed by atoms with Crippen LogP contribution in [0.4, 0.5) is 11.4 Å². The zero-order valence-electron chi connectivity index (χ0n) is 18.5. The van der Waals surface area contributed by atoms with Crippen LogP contribution >= 0.6 is 11.6 Å². The zero-order chi connectivity index (χ0) is 24.7. The van der Waals surface area contributed by atoms with E-state index in [2.05, 4.69) is 15.8 Å². The summed E-state index contributed by atoms with van der Waals surface area (Å²) in [6.45, 7) is 2.58. The van der Waals surface area contributed by atoms with Crippen molar-refractivity contribution in [2.45, 2.75) is 18.7 Å². The number of nitrogens with one attached hydrogen (secondary N) is 2. The van der Waals surface area contributed by atoms with E-state index in [0.717, 1.165) is 4.31 Å². The molecule has 0 aliphatic carbocycles. The molecule has 0 saturated heterocycles. The molecule has 2 amide bonds.